The molecule has 4 bridgehead atoms. The van der Waals surface area contributed by atoms with Crippen molar-refractivity contribution in [2.75, 3.05) is 63.0 Å². The van der Waals surface area contributed by atoms with Crippen molar-refractivity contribution in [3.63, 3.8) is 0 Å². The topological polar surface area (TPSA) is 147 Å². The lowest BCUT2D eigenvalue weighted by atomic mass is 9.99. The van der Waals surface area contributed by atoms with Gasteiger partial charge in [-0.3, -0.25) is 29.0 Å². The zero-order chi connectivity index (χ0) is 52.7. The number of halogens is 6. The molecule has 3 N–H and O–H groups in total. The van der Waals surface area contributed by atoms with E-state index < -0.39 is 23.3 Å². The minimum absolute atomic E-state index is 0.0214. The number of hydrogen-bond acceptors (Lipinski definition) is 9. The summed E-state index contributed by atoms with van der Waals surface area (Å²) in [5, 5.41) is 8.32. The third-order valence-corrected chi connectivity index (χ3v) is 13.1. The van der Waals surface area contributed by atoms with Gasteiger partial charge in [-0.15, -0.1) is 0 Å². The SMILES string of the molecule is CC(=O)Nc1cc(Cl)c(F)cc1/C=C/C(=O)N1C2CN(Cc3ccc(F)cc3)CC1CN(C(=O)OC(C)(C)C)C2.CC(=O)Nc1cc(Cl)c(F)cc1/C=C/C(=O)N1C2CNCC1CN(Cc1ccc(F)cc1)C2. The molecule has 20 heteroatoms. The Bertz CT molecular complexity index is 2730. The zero-order valence-corrected chi connectivity index (χ0v) is 42.6. The van der Waals surface area contributed by atoms with Gasteiger partial charge in [0.1, 0.15) is 28.9 Å². The molecule has 4 unspecified atom stereocenters. The molecule has 0 saturated carbocycles. The van der Waals surface area contributed by atoms with Gasteiger partial charge in [0.25, 0.3) is 0 Å². The minimum atomic E-state index is -0.679. The summed E-state index contributed by atoms with van der Waals surface area (Å²) in [5.74, 6) is -3.03. The van der Waals surface area contributed by atoms with Crippen LogP contribution in [0.25, 0.3) is 12.2 Å². The summed E-state index contributed by atoms with van der Waals surface area (Å²) < 4.78 is 60.4. The molecule has 8 rings (SSSR count). The van der Waals surface area contributed by atoms with Crippen LogP contribution in [0.2, 0.25) is 10.0 Å². The van der Waals surface area contributed by atoms with Gasteiger partial charge < -0.3 is 35.4 Å². The van der Waals surface area contributed by atoms with E-state index in [0.717, 1.165) is 17.2 Å². The van der Waals surface area contributed by atoms with Crippen molar-refractivity contribution in [1.82, 2.24) is 29.8 Å². The summed E-state index contributed by atoms with van der Waals surface area (Å²) in [6.07, 6.45) is 5.26. The van der Waals surface area contributed by atoms with Gasteiger partial charge in [0.15, 0.2) is 0 Å². The number of ether oxygens (including phenoxy) is 1. The van der Waals surface area contributed by atoms with E-state index in [1.165, 1.54) is 80.6 Å². The lowest BCUT2D eigenvalue weighted by Gasteiger charge is -2.52. The maximum Gasteiger partial charge on any atom is 0.410 e. The second-order valence-electron chi connectivity index (χ2n) is 19.5. The molecule has 14 nitrogen and oxygen atoms in total. The summed E-state index contributed by atoms with van der Waals surface area (Å²) in [4.78, 5) is 72.3. The van der Waals surface area contributed by atoms with E-state index in [1.54, 1.807) is 54.8 Å². The Morgan fingerprint density at radius 3 is 1.38 bits per heavy atom. The highest BCUT2D eigenvalue weighted by Crippen LogP contribution is 2.30. The van der Waals surface area contributed by atoms with E-state index >= 15 is 0 Å². The Morgan fingerprint density at radius 2 is 1.00 bits per heavy atom. The van der Waals surface area contributed by atoms with Crippen LogP contribution in [-0.4, -0.2) is 136 Å². The van der Waals surface area contributed by atoms with Crippen molar-refractivity contribution in [2.24, 2.45) is 0 Å². The first-order valence-corrected chi connectivity index (χ1v) is 24.5. The molecule has 4 atom stereocenters. The number of piperazine rings is 4. The molecular weight excluding hydrogens is 992 g/mol. The van der Waals surface area contributed by atoms with Crippen LogP contribution in [0.3, 0.4) is 0 Å². The molecule has 4 fully saturated rings. The number of amides is 5. The van der Waals surface area contributed by atoms with Gasteiger partial charge >= 0.3 is 6.09 Å². The third-order valence-electron chi connectivity index (χ3n) is 12.5. The largest absolute Gasteiger partial charge is 0.444 e. The van der Waals surface area contributed by atoms with Crippen LogP contribution in [0.5, 0.6) is 0 Å². The summed E-state index contributed by atoms with van der Waals surface area (Å²) in [5.41, 5.74) is 2.58. The summed E-state index contributed by atoms with van der Waals surface area (Å²) in [6, 6.07) is 17.0. The fraction of sp³-hybridized carbons (Fsp3) is 0.377. The van der Waals surface area contributed by atoms with Crippen LogP contribution in [0, 0.1) is 23.3 Å². The van der Waals surface area contributed by atoms with Crippen LogP contribution < -0.4 is 16.0 Å². The Morgan fingerprint density at radius 1 is 0.616 bits per heavy atom. The number of carbonyl (C=O) groups is 5. The Hall–Kier alpha value is -6.31. The highest BCUT2D eigenvalue weighted by Gasteiger charge is 2.44. The van der Waals surface area contributed by atoms with E-state index in [0.29, 0.717) is 69.2 Å². The molecule has 4 aliphatic heterocycles. The fourth-order valence-electron chi connectivity index (χ4n) is 9.55. The van der Waals surface area contributed by atoms with E-state index in [9.17, 15) is 41.5 Å². The van der Waals surface area contributed by atoms with Gasteiger partial charge in [0.05, 0.1) is 34.2 Å². The second kappa shape index (κ2) is 23.7. The van der Waals surface area contributed by atoms with Crippen LogP contribution in [-0.2, 0) is 37.0 Å². The number of nitrogens with zero attached hydrogens (tertiary/aromatic N) is 5. The minimum Gasteiger partial charge on any atom is -0.444 e. The van der Waals surface area contributed by atoms with Crippen LogP contribution in [0.15, 0.2) is 84.9 Å². The number of hydrogen-bond donors (Lipinski definition) is 3. The molecule has 0 aliphatic carbocycles. The van der Waals surface area contributed by atoms with Gasteiger partial charge in [0, 0.05) is 114 Å². The molecule has 388 valence electrons. The van der Waals surface area contributed by atoms with Crippen molar-refractivity contribution < 1.29 is 46.3 Å². The van der Waals surface area contributed by atoms with Gasteiger partial charge in [-0.1, -0.05) is 47.5 Å². The number of nitrogens with one attached hydrogen (secondary N) is 3. The number of anilines is 2. The van der Waals surface area contributed by atoms with E-state index in [-0.39, 0.29) is 88.3 Å². The summed E-state index contributed by atoms with van der Waals surface area (Å²) >= 11 is 11.7. The molecule has 0 radical (unpaired) electrons. The molecule has 4 saturated heterocycles. The molecule has 4 aliphatic rings. The Balaban J connectivity index is 0.000000218. The van der Waals surface area contributed by atoms with Crippen molar-refractivity contribution in [3.05, 3.63) is 141 Å². The summed E-state index contributed by atoms with van der Waals surface area (Å²) in [6.45, 7) is 13.6. The standard InChI is InChI=1S/C29H33ClF2N4O4.C24H25ClF2N4O2/c1-18(37)33-26-12-24(30)25(32)11-20(26)7-10-27(38)36-22-14-34(13-19-5-8-21(31)9-6-19)15-23(36)17-35(16-22)28(39)40-29(2,3)4;1-15(32)29-23-9-21(25)22(27)8-17(23)4-7-24(33)31-19-10-28-11-20(31)14-30(13-19)12-16-2-5-18(26)6-3-16/h5-12,22-23H,13-17H2,1-4H3,(H,33,37);2-9,19-20,28H,10-14H2,1H3,(H,29,32)/b10-7+;7-4+. The molecule has 4 aromatic rings. The number of carbonyl (C=O) groups excluding carboxylic acids is 5. The van der Waals surface area contributed by atoms with Crippen LogP contribution in [0.1, 0.15) is 56.9 Å². The molecule has 4 heterocycles. The Kier molecular flexibility index (Phi) is 17.7. The molecule has 0 aromatic heterocycles. The maximum absolute atomic E-state index is 14.2. The highest BCUT2D eigenvalue weighted by molar-refractivity contribution is 6.31. The molecule has 5 amide bonds. The molecule has 0 spiro atoms. The first-order valence-electron chi connectivity index (χ1n) is 23.7. The smallest absolute Gasteiger partial charge is 0.410 e. The first-order chi connectivity index (χ1) is 34.6. The average molecular weight is 1050 g/mol. The molecular formula is C53H58Cl2F4N8O6. The van der Waals surface area contributed by atoms with E-state index in [4.69, 9.17) is 27.9 Å². The van der Waals surface area contributed by atoms with E-state index in [1.807, 2.05) is 4.90 Å². The normalized spacial score (nSPS) is 20.1. The lowest BCUT2D eigenvalue weighted by Crippen LogP contribution is -2.70. The Labute approximate surface area is 431 Å². The van der Waals surface area contributed by atoms with Crippen molar-refractivity contribution >= 4 is 76.5 Å². The van der Waals surface area contributed by atoms with Crippen molar-refractivity contribution in [1.29, 1.82) is 0 Å². The van der Waals surface area contributed by atoms with Crippen LogP contribution in [0.4, 0.5) is 33.7 Å². The predicted octanol–water partition coefficient (Wildman–Crippen LogP) is 8.20. The van der Waals surface area contributed by atoms with Gasteiger partial charge in [-0.2, -0.15) is 0 Å². The third kappa shape index (κ3) is 14.7. The first kappa shape index (κ1) is 54.5. The van der Waals surface area contributed by atoms with Crippen molar-refractivity contribution in [3.8, 4) is 0 Å². The van der Waals surface area contributed by atoms with Crippen molar-refractivity contribution in [2.45, 2.75) is 77.5 Å². The average Bonchev–Trinajstić information content (AvgIpc) is 3.30. The zero-order valence-electron chi connectivity index (χ0n) is 41.1. The summed E-state index contributed by atoms with van der Waals surface area (Å²) in [7, 11) is 0. The fourth-order valence-corrected chi connectivity index (χ4v) is 9.87. The number of fused-ring (bicyclic) bond motifs is 4. The number of rotatable bonds is 10. The maximum atomic E-state index is 14.2. The monoisotopic (exact) mass is 1050 g/mol. The lowest BCUT2D eigenvalue weighted by molar-refractivity contribution is -0.141. The number of benzene rings is 4. The molecule has 73 heavy (non-hydrogen) atoms. The second-order valence-corrected chi connectivity index (χ2v) is 20.3. The van der Waals surface area contributed by atoms with E-state index in [2.05, 4.69) is 25.8 Å². The molecule has 4 aromatic carbocycles. The van der Waals surface area contributed by atoms with Crippen LogP contribution >= 0.6 is 23.2 Å². The quantitative estimate of drug-likeness (QED) is 0.106. The highest BCUT2D eigenvalue weighted by atomic mass is 35.5. The predicted molar refractivity (Wildman–Crippen MR) is 272 cm³/mol. The van der Waals surface area contributed by atoms with Gasteiger partial charge in [-0.25, -0.2) is 22.4 Å². The van der Waals surface area contributed by atoms with Gasteiger partial charge in [0.2, 0.25) is 23.6 Å². The van der Waals surface area contributed by atoms with Gasteiger partial charge in [-0.05, 0) is 92.6 Å².